The van der Waals surface area contributed by atoms with Gasteiger partial charge in [0, 0.05) is 6.54 Å². The zero-order valence-corrected chi connectivity index (χ0v) is 11.9. The molecule has 2 rings (SSSR count). The molecular formula is C15H15FN4O. The zero-order chi connectivity index (χ0) is 15.2. The number of nitrogens with one attached hydrogen (secondary N) is 1. The predicted octanol–water partition coefficient (Wildman–Crippen LogP) is 3.41. The van der Waals surface area contributed by atoms with E-state index in [0.29, 0.717) is 17.3 Å². The zero-order valence-electron chi connectivity index (χ0n) is 11.9. The quantitative estimate of drug-likeness (QED) is 0.912. The molecule has 2 aromatic rings. The van der Waals surface area contributed by atoms with Gasteiger partial charge in [-0.15, -0.1) is 0 Å². The van der Waals surface area contributed by atoms with Crippen LogP contribution in [-0.2, 0) is 0 Å². The van der Waals surface area contributed by atoms with Crippen molar-refractivity contribution in [3.8, 4) is 17.7 Å². The SMILES string of the molecule is CCCNc1ncnc(Oc2cccc(F)c2C#N)c1C. The molecule has 0 aliphatic carbocycles. The van der Waals surface area contributed by atoms with Gasteiger partial charge in [0.1, 0.15) is 35.3 Å². The van der Waals surface area contributed by atoms with Crippen LogP contribution in [0.2, 0.25) is 0 Å². The predicted molar refractivity (Wildman–Crippen MR) is 76.7 cm³/mol. The molecule has 0 saturated heterocycles. The van der Waals surface area contributed by atoms with Crippen molar-refractivity contribution in [3.63, 3.8) is 0 Å². The Morgan fingerprint density at radius 3 is 2.90 bits per heavy atom. The van der Waals surface area contributed by atoms with Crippen LogP contribution in [-0.4, -0.2) is 16.5 Å². The lowest BCUT2D eigenvalue weighted by Crippen LogP contribution is -2.06. The highest BCUT2D eigenvalue weighted by Gasteiger charge is 2.13. The smallest absolute Gasteiger partial charge is 0.227 e. The summed E-state index contributed by atoms with van der Waals surface area (Å²) in [7, 11) is 0. The minimum atomic E-state index is -0.619. The molecule has 0 aliphatic heterocycles. The standard InChI is InChI=1S/C15H15FN4O/c1-3-7-18-14-10(2)15(20-9-19-14)21-13-6-4-5-12(16)11(13)8-17/h4-6,9H,3,7H2,1-2H3,(H,18,19,20). The molecule has 0 atom stereocenters. The van der Waals surface area contributed by atoms with Gasteiger partial charge in [-0.2, -0.15) is 5.26 Å². The van der Waals surface area contributed by atoms with Crippen LogP contribution >= 0.6 is 0 Å². The molecule has 0 bridgehead atoms. The second-order valence-electron chi connectivity index (χ2n) is 4.41. The Morgan fingerprint density at radius 1 is 1.38 bits per heavy atom. The summed E-state index contributed by atoms with van der Waals surface area (Å²) < 4.78 is 19.1. The van der Waals surface area contributed by atoms with Crippen molar-refractivity contribution in [3.05, 3.63) is 41.5 Å². The van der Waals surface area contributed by atoms with E-state index in [-0.39, 0.29) is 11.3 Å². The highest BCUT2D eigenvalue weighted by molar-refractivity contribution is 5.51. The molecule has 1 aromatic carbocycles. The van der Waals surface area contributed by atoms with Crippen molar-refractivity contribution in [1.29, 1.82) is 5.26 Å². The average Bonchev–Trinajstić information content (AvgIpc) is 2.48. The number of rotatable bonds is 5. The summed E-state index contributed by atoms with van der Waals surface area (Å²) in [6, 6.07) is 6.02. The molecule has 0 saturated carbocycles. The highest BCUT2D eigenvalue weighted by atomic mass is 19.1. The number of aromatic nitrogens is 2. The van der Waals surface area contributed by atoms with E-state index in [2.05, 4.69) is 15.3 Å². The van der Waals surface area contributed by atoms with E-state index in [9.17, 15) is 4.39 Å². The van der Waals surface area contributed by atoms with Gasteiger partial charge in [0.25, 0.3) is 0 Å². The van der Waals surface area contributed by atoms with Gasteiger partial charge in [-0.25, -0.2) is 14.4 Å². The van der Waals surface area contributed by atoms with Crippen LogP contribution in [0.15, 0.2) is 24.5 Å². The van der Waals surface area contributed by atoms with Crippen molar-refractivity contribution >= 4 is 5.82 Å². The molecule has 0 spiro atoms. The highest BCUT2D eigenvalue weighted by Crippen LogP contribution is 2.29. The molecule has 0 radical (unpaired) electrons. The van der Waals surface area contributed by atoms with Crippen LogP contribution < -0.4 is 10.1 Å². The van der Waals surface area contributed by atoms with Crippen LogP contribution in [0.1, 0.15) is 24.5 Å². The lowest BCUT2D eigenvalue weighted by Gasteiger charge is -2.12. The Hall–Kier alpha value is -2.68. The molecule has 1 aromatic heterocycles. The molecule has 21 heavy (non-hydrogen) atoms. The summed E-state index contributed by atoms with van der Waals surface area (Å²) in [5, 5.41) is 12.2. The molecule has 0 aliphatic rings. The van der Waals surface area contributed by atoms with E-state index >= 15 is 0 Å². The third kappa shape index (κ3) is 3.26. The van der Waals surface area contributed by atoms with Crippen LogP contribution in [0.3, 0.4) is 0 Å². The van der Waals surface area contributed by atoms with Crippen LogP contribution in [0, 0.1) is 24.1 Å². The van der Waals surface area contributed by atoms with Gasteiger partial charge < -0.3 is 10.1 Å². The molecule has 0 unspecified atom stereocenters. The number of hydrogen-bond donors (Lipinski definition) is 1. The number of ether oxygens (including phenoxy) is 1. The summed E-state index contributed by atoms with van der Waals surface area (Å²) >= 11 is 0. The number of anilines is 1. The topological polar surface area (TPSA) is 70.8 Å². The fourth-order valence-electron chi connectivity index (χ4n) is 1.76. The molecule has 0 amide bonds. The van der Waals surface area contributed by atoms with Gasteiger partial charge in [-0.05, 0) is 25.5 Å². The summed E-state index contributed by atoms with van der Waals surface area (Å²) in [6.07, 6.45) is 2.33. The lowest BCUT2D eigenvalue weighted by molar-refractivity contribution is 0.451. The molecule has 1 heterocycles. The maximum absolute atomic E-state index is 13.6. The molecular weight excluding hydrogens is 271 g/mol. The first-order valence-corrected chi connectivity index (χ1v) is 6.59. The monoisotopic (exact) mass is 286 g/mol. The number of halogens is 1. The summed E-state index contributed by atoms with van der Waals surface area (Å²) in [5.41, 5.74) is 0.567. The molecule has 0 fully saturated rings. The number of nitriles is 1. The van der Waals surface area contributed by atoms with E-state index in [4.69, 9.17) is 10.00 Å². The van der Waals surface area contributed by atoms with Crippen molar-refractivity contribution in [1.82, 2.24) is 9.97 Å². The Balaban J connectivity index is 2.33. The van der Waals surface area contributed by atoms with Gasteiger partial charge in [0.15, 0.2) is 0 Å². The number of nitrogens with zero attached hydrogens (tertiary/aromatic N) is 3. The third-order valence-electron chi connectivity index (χ3n) is 2.87. The maximum atomic E-state index is 13.6. The molecule has 1 N–H and O–H groups in total. The Bertz CT molecular complexity index is 682. The second-order valence-corrected chi connectivity index (χ2v) is 4.41. The van der Waals surface area contributed by atoms with E-state index < -0.39 is 5.82 Å². The molecule has 6 heteroatoms. The maximum Gasteiger partial charge on any atom is 0.227 e. The Labute approximate surface area is 122 Å². The van der Waals surface area contributed by atoms with E-state index in [1.54, 1.807) is 13.0 Å². The first-order chi connectivity index (χ1) is 10.2. The minimum absolute atomic E-state index is 0.140. The van der Waals surface area contributed by atoms with Crippen LogP contribution in [0.5, 0.6) is 11.6 Å². The first-order valence-electron chi connectivity index (χ1n) is 6.59. The Kier molecular flexibility index (Phi) is 4.67. The van der Waals surface area contributed by atoms with Gasteiger partial charge in [0.2, 0.25) is 5.88 Å². The van der Waals surface area contributed by atoms with Gasteiger partial charge in [-0.1, -0.05) is 13.0 Å². The van der Waals surface area contributed by atoms with Crippen LogP contribution in [0.4, 0.5) is 10.2 Å². The second kappa shape index (κ2) is 6.66. The van der Waals surface area contributed by atoms with E-state index in [1.165, 1.54) is 24.5 Å². The van der Waals surface area contributed by atoms with Crippen molar-refractivity contribution in [2.45, 2.75) is 20.3 Å². The van der Waals surface area contributed by atoms with Crippen molar-refractivity contribution in [2.75, 3.05) is 11.9 Å². The van der Waals surface area contributed by atoms with E-state index in [0.717, 1.165) is 13.0 Å². The summed E-state index contributed by atoms with van der Waals surface area (Å²) in [4.78, 5) is 8.18. The largest absolute Gasteiger partial charge is 0.437 e. The summed E-state index contributed by atoms with van der Waals surface area (Å²) in [5.74, 6) is 0.481. The minimum Gasteiger partial charge on any atom is -0.437 e. The van der Waals surface area contributed by atoms with Gasteiger partial charge in [0.05, 0.1) is 5.56 Å². The van der Waals surface area contributed by atoms with Crippen LogP contribution in [0.25, 0.3) is 0 Å². The van der Waals surface area contributed by atoms with Gasteiger partial charge in [-0.3, -0.25) is 0 Å². The molecule has 5 nitrogen and oxygen atoms in total. The third-order valence-corrected chi connectivity index (χ3v) is 2.87. The first kappa shape index (κ1) is 14.7. The normalized spacial score (nSPS) is 10.0. The van der Waals surface area contributed by atoms with E-state index in [1.807, 2.05) is 6.92 Å². The van der Waals surface area contributed by atoms with Crippen molar-refractivity contribution < 1.29 is 9.13 Å². The lowest BCUT2D eigenvalue weighted by atomic mass is 10.2. The summed E-state index contributed by atoms with van der Waals surface area (Å²) in [6.45, 7) is 4.63. The fourth-order valence-corrected chi connectivity index (χ4v) is 1.76. The van der Waals surface area contributed by atoms with Crippen molar-refractivity contribution in [2.24, 2.45) is 0 Å². The number of hydrogen-bond acceptors (Lipinski definition) is 5. The average molecular weight is 286 g/mol. The van der Waals surface area contributed by atoms with Gasteiger partial charge >= 0.3 is 0 Å². The fraction of sp³-hybridized carbons (Fsp3) is 0.267. The Morgan fingerprint density at radius 2 is 2.19 bits per heavy atom. The molecule has 108 valence electrons. The number of benzene rings is 1.